The molecule has 0 fully saturated rings. The Kier molecular flexibility index (Phi) is 6.27. The maximum absolute atomic E-state index is 12.1. The molecule has 132 valence electrons. The molecule has 8 nitrogen and oxygen atoms in total. The fourth-order valence-electron chi connectivity index (χ4n) is 2.17. The summed E-state index contributed by atoms with van der Waals surface area (Å²) in [6, 6.07) is 6.77. The molecule has 0 spiro atoms. The molecule has 25 heavy (non-hydrogen) atoms. The van der Waals surface area contributed by atoms with Crippen molar-refractivity contribution in [3.8, 4) is 0 Å². The second-order valence-corrected chi connectivity index (χ2v) is 5.35. The number of rotatable bonds is 8. The number of para-hydroxylation sites is 1. The van der Waals surface area contributed by atoms with Crippen molar-refractivity contribution < 1.29 is 9.59 Å². The first-order chi connectivity index (χ1) is 12.1. The molecule has 2 rings (SSSR count). The van der Waals surface area contributed by atoms with Crippen molar-refractivity contribution in [2.45, 2.75) is 19.8 Å². The quantitative estimate of drug-likeness (QED) is 0.543. The predicted octanol–water partition coefficient (Wildman–Crippen LogP) is 1.89. The Balaban J connectivity index is 2.37. The van der Waals surface area contributed by atoms with Gasteiger partial charge in [0.1, 0.15) is 11.4 Å². The minimum absolute atomic E-state index is 0.266. The zero-order valence-corrected chi connectivity index (χ0v) is 14.3. The molecule has 0 atom stereocenters. The van der Waals surface area contributed by atoms with E-state index in [1.54, 1.807) is 24.3 Å². The number of carbonyl (C=O) groups is 2. The Labute approximate surface area is 146 Å². The lowest BCUT2D eigenvalue weighted by Gasteiger charge is -2.14. The summed E-state index contributed by atoms with van der Waals surface area (Å²) in [5, 5.41) is 8.67. The number of carbonyl (C=O) groups excluding carboxylic acids is 2. The lowest BCUT2D eigenvalue weighted by molar-refractivity contribution is 0.0962. The van der Waals surface area contributed by atoms with Gasteiger partial charge in [0, 0.05) is 19.8 Å². The number of nitrogens with two attached hydrogens (primary N) is 1. The third-order valence-corrected chi connectivity index (χ3v) is 3.52. The summed E-state index contributed by atoms with van der Waals surface area (Å²) >= 11 is 0. The first-order valence-corrected chi connectivity index (χ1v) is 8.05. The van der Waals surface area contributed by atoms with Gasteiger partial charge in [0.2, 0.25) is 5.95 Å². The number of amides is 2. The molecule has 1 aromatic carbocycles. The average molecular weight is 342 g/mol. The van der Waals surface area contributed by atoms with Crippen molar-refractivity contribution in [2.24, 2.45) is 5.73 Å². The van der Waals surface area contributed by atoms with E-state index in [2.05, 4.69) is 32.8 Å². The van der Waals surface area contributed by atoms with Gasteiger partial charge >= 0.3 is 0 Å². The molecular formula is C17H22N6O2. The van der Waals surface area contributed by atoms with Crippen molar-refractivity contribution in [2.75, 3.05) is 24.2 Å². The van der Waals surface area contributed by atoms with E-state index < -0.39 is 5.91 Å². The molecule has 2 amide bonds. The van der Waals surface area contributed by atoms with Gasteiger partial charge in [-0.15, -0.1) is 0 Å². The Hall–Kier alpha value is -3.16. The molecule has 0 aliphatic heterocycles. The molecule has 0 saturated heterocycles. The average Bonchev–Trinajstić information content (AvgIpc) is 2.62. The number of unbranched alkanes of at least 4 members (excludes halogenated alkanes) is 1. The summed E-state index contributed by atoms with van der Waals surface area (Å²) in [7, 11) is 1.52. The van der Waals surface area contributed by atoms with Crippen molar-refractivity contribution in [3.63, 3.8) is 0 Å². The molecule has 0 unspecified atom stereocenters. The molecular weight excluding hydrogens is 320 g/mol. The van der Waals surface area contributed by atoms with Crippen molar-refractivity contribution in [1.82, 2.24) is 15.3 Å². The molecule has 8 heteroatoms. The number of anilines is 3. The number of nitrogens with zero attached hydrogens (tertiary/aromatic N) is 2. The van der Waals surface area contributed by atoms with Gasteiger partial charge in [0.15, 0.2) is 0 Å². The Bertz CT molecular complexity index is 763. The van der Waals surface area contributed by atoms with Gasteiger partial charge in [-0.1, -0.05) is 25.5 Å². The molecule has 0 radical (unpaired) electrons. The van der Waals surface area contributed by atoms with Crippen LogP contribution >= 0.6 is 0 Å². The Morgan fingerprint density at radius 3 is 2.64 bits per heavy atom. The van der Waals surface area contributed by atoms with Crippen molar-refractivity contribution >= 4 is 29.3 Å². The van der Waals surface area contributed by atoms with Crippen molar-refractivity contribution in [1.29, 1.82) is 0 Å². The molecule has 0 aliphatic rings. The van der Waals surface area contributed by atoms with E-state index in [4.69, 9.17) is 5.73 Å². The van der Waals surface area contributed by atoms with Crippen LogP contribution in [0.5, 0.6) is 0 Å². The highest BCUT2D eigenvalue weighted by molar-refractivity contribution is 6.02. The monoisotopic (exact) mass is 342 g/mol. The van der Waals surface area contributed by atoms with E-state index in [9.17, 15) is 9.59 Å². The topological polar surface area (TPSA) is 122 Å². The van der Waals surface area contributed by atoms with Crippen LogP contribution in [0.25, 0.3) is 0 Å². The van der Waals surface area contributed by atoms with Crippen LogP contribution in [0, 0.1) is 0 Å². The van der Waals surface area contributed by atoms with E-state index in [1.807, 2.05) is 0 Å². The highest BCUT2D eigenvalue weighted by Crippen LogP contribution is 2.23. The molecule has 1 aromatic heterocycles. The molecule has 0 bridgehead atoms. The molecule has 1 heterocycles. The molecule has 0 saturated carbocycles. The number of nitrogens with one attached hydrogen (secondary N) is 3. The summed E-state index contributed by atoms with van der Waals surface area (Å²) in [6.07, 6.45) is 3.46. The van der Waals surface area contributed by atoms with Gasteiger partial charge in [-0.3, -0.25) is 9.59 Å². The van der Waals surface area contributed by atoms with Crippen LogP contribution in [-0.2, 0) is 0 Å². The fourth-order valence-corrected chi connectivity index (χ4v) is 2.17. The summed E-state index contributed by atoms with van der Waals surface area (Å²) < 4.78 is 0. The van der Waals surface area contributed by atoms with Gasteiger partial charge in [0.05, 0.1) is 11.3 Å². The van der Waals surface area contributed by atoms with Crippen LogP contribution in [0.3, 0.4) is 0 Å². The Morgan fingerprint density at radius 2 is 1.96 bits per heavy atom. The summed E-state index contributed by atoms with van der Waals surface area (Å²) in [6.45, 7) is 2.82. The maximum Gasteiger partial charge on any atom is 0.256 e. The van der Waals surface area contributed by atoms with Crippen LogP contribution in [-0.4, -0.2) is 35.4 Å². The minimum Gasteiger partial charge on any atom is -0.366 e. The van der Waals surface area contributed by atoms with Gasteiger partial charge in [-0.05, 0) is 18.6 Å². The zero-order valence-electron chi connectivity index (χ0n) is 14.3. The number of aromatic nitrogens is 2. The van der Waals surface area contributed by atoms with E-state index >= 15 is 0 Å². The van der Waals surface area contributed by atoms with Gasteiger partial charge < -0.3 is 21.7 Å². The Morgan fingerprint density at radius 1 is 1.20 bits per heavy atom. The van der Waals surface area contributed by atoms with Crippen LogP contribution < -0.4 is 21.7 Å². The van der Waals surface area contributed by atoms with Crippen LogP contribution in [0.2, 0.25) is 0 Å². The van der Waals surface area contributed by atoms with E-state index in [0.29, 0.717) is 23.0 Å². The predicted molar refractivity (Wildman–Crippen MR) is 97.1 cm³/mol. The van der Waals surface area contributed by atoms with Crippen molar-refractivity contribution in [3.05, 3.63) is 41.6 Å². The fraction of sp³-hybridized carbons (Fsp3) is 0.294. The SMILES string of the molecule is CCCCNc1ncc(C(=O)NC)c(Nc2ccccc2C(N)=O)n1. The molecule has 0 aliphatic carbocycles. The second kappa shape index (κ2) is 8.62. The van der Waals surface area contributed by atoms with E-state index in [-0.39, 0.29) is 11.5 Å². The zero-order chi connectivity index (χ0) is 18.2. The van der Waals surface area contributed by atoms with Gasteiger partial charge in [-0.25, -0.2) is 4.98 Å². The van der Waals surface area contributed by atoms with E-state index in [1.165, 1.54) is 13.2 Å². The first kappa shape index (κ1) is 18.2. The van der Waals surface area contributed by atoms with Gasteiger partial charge in [0.25, 0.3) is 11.8 Å². The normalized spacial score (nSPS) is 10.2. The highest BCUT2D eigenvalue weighted by Gasteiger charge is 2.16. The lowest BCUT2D eigenvalue weighted by Crippen LogP contribution is -2.21. The molecule has 5 N–H and O–H groups in total. The smallest absolute Gasteiger partial charge is 0.256 e. The van der Waals surface area contributed by atoms with Crippen LogP contribution in [0.1, 0.15) is 40.5 Å². The van der Waals surface area contributed by atoms with Crippen LogP contribution in [0.15, 0.2) is 30.5 Å². The summed E-state index contributed by atoms with van der Waals surface area (Å²) in [5.41, 5.74) is 6.45. The summed E-state index contributed by atoms with van der Waals surface area (Å²) in [5.74, 6) is -0.207. The molecule has 2 aromatic rings. The van der Waals surface area contributed by atoms with E-state index in [0.717, 1.165) is 19.4 Å². The number of primary amides is 1. The van der Waals surface area contributed by atoms with Gasteiger partial charge in [-0.2, -0.15) is 4.98 Å². The highest BCUT2D eigenvalue weighted by atomic mass is 16.2. The second-order valence-electron chi connectivity index (χ2n) is 5.35. The first-order valence-electron chi connectivity index (χ1n) is 8.05. The third-order valence-electron chi connectivity index (χ3n) is 3.52. The largest absolute Gasteiger partial charge is 0.366 e. The lowest BCUT2D eigenvalue weighted by atomic mass is 10.1. The maximum atomic E-state index is 12.1. The number of hydrogen-bond acceptors (Lipinski definition) is 6. The summed E-state index contributed by atoms with van der Waals surface area (Å²) in [4.78, 5) is 32.2. The standard InChI is InChI=1S/C17H22N6O2/c1-3-4-9-20-17-21-10-12(16(25)19-2)15(23-17)22-13-8-6-5-7-11(13)14(18)24/h5-8,10H,3-4,9H2,1-2H3,(H2,18,24)(H,19,25)(H2,20,21,22,23). The minimum atomic E-state index is -0.569. The number of hydrogen-bond donors (Lipinski definition) is 4. The number of benzene rings is 1. The third kappa shape index (κ3) is 4.66. The van der Waals surface area contributed by atoms with Crippen LogP contribution in [0.4, 0.5) is 17.5 Å².